The smallest absolute Gasteiger partial charge is 0.227 e. The van der Waals surface area contributed by atoms with Crippen molar-refractivity contribution in [2.45, 2.75) is 6.92 Å². The van der Waals surface area contributed by atoms with Crippen molar-refractivity contribution >= 4 is 23.0 Å². The number of aromatic nitrogens is 4. The van der Waals surface area contributed by atoms with Gasteiger partial charge in [-0.25, -0.2) is 15.0 Å². The molecule has 146 valence electrons. The van der Waals surface area contributed by atoms with Crippen molar-refractivity contribution in [3.05, 3.63) is 60.7 Å². The number of hydrogen-bond acceptors (Lipinski definition) is 8. The van der Waals surface area contributed by atoms with Gasteiger partial charge in [-0.3, -0.25) is 4.98 Å². The Bertz CT molecular complexity index is 1110. The first-order chi connectivity index (χ1) is 14.2. The zero-order valence-corrected chi connectivity index (χ0v) is 17.0. The van der Waals surface area contributed by atoms with Gasteiger partial charge in [0.05, 0.1) is 30.5 Å². The average molecular weight is 405 g/mol. The van der Waals surface area contributed by atoms with E-state index in [0.717, 1.165) is 32.5 Å². The van der Waals surface area contributed by atoms with E-state index in [-0.39, 0.29) is 0 Å². The maximum Gasteiger partial charge on any atom is 0.227 e. The fourth-order valence-electron chi connectivity index (χ4n) is 2.80. The molecule has 1 aromatic carbocycles. The van der Waals surface area contributed by atoms with Crippen LogP contribution >= 0.6 is 11.3 Å². The van der Waals surface area contributed by atoms with E-state index >= 15 is 0 Å². The van der Waals surface area contributed by atoms with Crippen LogP contribution in [0.5, 0.6) is 11.5 Å². The molecule has 0 saturated carbocycles. The maximum absolute atomic E-state index is 5.32. The van der Waals surface area contributed by atoms with Gasteiger partial charge in [-0.15, -0.1) is 11.3 Å². The standard InChI is InChI=1S/C21H19N5O2S/c1-13-19(29-20(24-13)14-5-4-7-22-12-14)18-6-8-23-21(26-18)25-15-9-16(27-2)11-17(10-15)28-3/h4-12H,1-3H3,(H,23,25,26). The molecule has 0 amide bonds. The first kappa shape index (κ1) is 18.8. The number of thiazole rings is 1. The number of rotatable bonds is 6. The molecule has 3 heterocycles. The van der Waals surface area contributed by atoms with Gasteiger partial charge in [-0.05, 0) is 25.1 Å². The van der Waals surface area contributed by atoms with Crippen LogP contribution in [0.3, 0.4) is 0 Å². The number of hydrogen-bond donors (Lipinski definition) is 1. The lowest BCUT2D eigenvalue weighted by atomic mass is 10.2. The molecule has 1 N–H and O–H groups in total. The lowest BCUT2D eigenvalue weighted by Crippen LogP contribution is -1.99. The van der Waals surface area contributed by atoms with Gasteiger partial charge < -0.3 is 14.8 Å². The van der Waals surface area contributed by atoms with Crippen molar-refractivity contribution in [2.24, 2.45) is 0 Å². The molecular weight excluding hydrogens is 386 g/mol. The highest BCUT2D eigenvalue weighted by molar-refractivity contribution is 7.18. The van der Waals surface area contributed by atoms with Gasteiger partial charge in [0.2, 0.25) is 5.95 Å². The third-order valence-corrected chi connectivity index (χ3v) is 5.43. The summed E-state index contributed by atoms with van der Waals surface area (Å²) in [7, 11) is 3.23. The summed E-state index contributed by atoms with van der Waals surface area (Å²) in [5.74, 6) is 1.85. The van der Waals surface area contributed by atoms with Crippen molar-refractivity contribution in [2.75, 3.05) is 19.5 Å². The maximum atomic E-state index is 5.32. The average Bonchev–Trinajstić information content (AvgIpc) is 3.16. The summed E-state index contributed by atoms with van der Waals surface area (Å²) in [4.78, 5) is 18.9. The van der Waals surface area contributed by atoms with E-state index in [2.05, 4.69) is 25.3 Å². The van der Waals surface area contributed by atoms with Gasteiger partial charge in [0.15, 0.2) is 0 Å². The molecule has 0 aliphatic rings. The summed E-state index contributed by atoms with van der Waals surface area (Å²) in [5.41, 5.74) is 3.49. The van der Waals surface area contributed by atoms with Crippen molar-refractivity contribution in [1.29, 1.82) is 0 Å². The molecule has 0 atom stereocenters. The Kier molecular flexibility index (Phi) is 5.35. The summed E-state index contributed by atoms with van der Waals surface area (Å²) in [6, 6.07) is 11.3. The second kappa shape index (κ2) is 8.24. The summed E-state index contributed by atoms with van der Waals surface area (Å²) < 4.78 is 10.6. The van der Waals surface area contributed by atoms with Crippen molar-refractivity contribution in [1.82, 2.24) is 19.9 Å². The van der Waals surface area contributed by atoms with Crippen LogP contribution in [-0.4, -0.2) is 34.2 Å². The number of methoxy groups -OCH3 is 2. The van der Waals surface area contributed by atoms with E-state index in [1.807, 2.05) is 49.5 Å². The Morgan fingerprint density at radius 1 is 0.966 bits per heavy atom. The monoisotopic (exact) mass is 405 g/mol. The Morgan fingerprint density at radius 3 is 2.45 bits per heavy atom. The molecule has 0 radical (unpaired) electrons. The van der Waals surface area contributed by atoms with E-state index in [4.69, 9.17) is 9.47 Å². The van der Waals surface area contributed by atoms with E-state index in [1.165, 1.54) is 0 Å². The molecule has 0 saturated heterocycles. The molecule has 0 unspecified atom stereocenters. The Labute approximate surface area is 172 Å². The minimum Gasteiger partial charge on any atom is -0.497 e. The number of aryl methyl sites for hydroxylation is 1. The first-order valence-electron chi connectivity index (χ1n) is 8.87. The molecule has 4 rings (SSSR count). The molecule has 4 aromatic rings. The normalized spacial score (nSPS) is 10.6. The molecule has 7 nitrogen and oxygen atoms in total. The van der Waals surface area contributed by atoms with Gasteiger partial charge in [0.25, 0.3) is 0 Å². The highest BCUT2D eigenvalue weighted by atomic mass is 32.1. The van der Waals surface area contributed by atoms with E-state index in [0.29, 0.717) is 17.4 Å². The number of anilines is 2. The van der Waals surface area contributed by atoms with Crippen LogP contribution in [-0.2, 0) is 0 Å². The molecule has 0 spiro atoms. The largest absolute Gasteiger partial charge is 0.497 e. The zero-order chi connectivity index (χ0) is 20.2. The molecule has 3 aromatic heterocycles. The minimum absolute atomic E-state index is 0.480. The van der Waals surface area contributed by atoms with Crippen LogP contribution < -0.4 is 14.8 Å². The van der Waals surface area contributed by atoms with Crippen LogP contribution in [0.1, 0.15) is 5.69 Å². The van der Waals surface area contributed by atoms with Gasteiger partial charge >= 0.3 is 0 Å². The van der Waals surface area contributed by atoms with Crippen molar-refractivity contribution in [3.8, 4) is 32.6 Å². The van der Waals surface area contributed by atoms with E-state index in [9.17, 15) is 0 Å². The second-order valence-corrected chi connectivity index (χ2v) is 7.17. The highest BCUT2D eigenvalue weighted by Crippen LogP contribution is 2.34. The van der Waals surface area contributed by atoms with Gasteiger partial charge in [0, 0.05) is 48.0 Å². The number of nitrogens with zero attached hydrogens (tertiary/aromatic N) is 4. The Morgan fingerprint density at radius 2 is 1.76 bits per heavy atom. The minimum atomic E-state index is 0.480. The molecular formula is C21H19N5O2S. The first-order valence-corrected chi connectivity index (χ1v) is 9.69. The third kappa shape index (κ3) is 4.17. The van der Waals surface area contributed by atoms with Gasteiger partial charge in [-0.1, -0.05) is 0 Å². The summed E-state index contributed by atoms with van der Waals surface area (Å²) >= 11 is 1.58. The number of ether oxygens (including phenoxy) is 2. The van der Waals surface area contributed by atoms with Crippen LogP contribution in [0.2, 0.25) is 0 Å². The lowest BCUT2D eigenvalue weighted by molar-refractivity contribution is 0.395. The fourth-order valence-corrected chi connectivity index (χ4v) is 3.83. The van der Waals surface area contributed by atoms with Crippen LogP contribution in [0.25, 0.3) is 21.1 Å². The predicted molar refractivity (Wildman–Crippen MR) is 114 cm³/mol. The molecule has 0 fully saturated rings. The van der Waals surface area contributed by atoms with Crippen molar-refractivity contribution in [3.63, 3.8) is 0 Å². The van der Waals surface area contributed by atoms with Crippen LogP contribution in [0.4, 0.5) is 11.6 Å². The fraction of sp³-hybridized carbons (Fsp3) is 0.143. The molecule has 8 heteroatoms. The number of pyridine rings is 1. The zero-order valence-electron chi connectivity index (χ0n) is 16.2. The van der Waals surface area contributed by atoms with Crippen LogP contribution in [0, 0.1) is 6.92 Å². The lowest BCUT2D eigenvalue weighted by Gasteiger charge is -2.10. The SMILES string of the molecule is COc1cc(Nc2nccc(-c3sc(-c4cccnc4)nc3C)n2)cc(OC)c1. The molecule has 0 bridgehead atoms. The topological polar surface area (TPSA) is 82.0 Å². The van der Waals surface area contributed by atoms with Gasteiger partial charge in [0.1, 0.15) is 16.5 Å². The van der Waals surface area contributed by atoms with Crippen LogP contribution in [0.15, 0.2) is 55.0 Å². The van der Waals surface area contributed by atoms with Crippen molar-refractivity contribution < 1.29 is 9.47 Å². The van der Waals surface area contributed by atoms with Gasteiger partial charge in [-0.2, -0.15) is 0 Å². The number of benzene rings is 1. The summed E-state index contributed by atoms with van der Waals surface area (Å²) in [6.45, 7) is 1.98. The Balaban J connectivity index is 1.64. The van der Waals surface area contributed by atoms with E-state index < -0.39 is 0 Å². The predicted octanol–water partition coefficient (Wildman–Crippen LogP) is 4.73. The third-order valence-electron chi connectivity index (χ3n) is 4.20. The van der Waals surface area contributed by atoms with E-state index in [1.54, 1.807) is 38.0 Å². The number of nitrogens with one attached hydrogen (secondary N) is 1. The molecule has 29 heavy (non-hydrogen) atoms. The summed E-state index contributed by atoms with van der Waals surface area (Å²) in [6.07, 6.45) is 5.29. The highest BCUT2D eigenvalue weighted by Gasteiger charge is 2.13. The molecule has 0 aliphatic carbocycles. The quantitative estimate of drug-likeness (QED) is 0.496. The second-order valence-electron chi connectivity index (χ2n) is 6.17. The summed E-state index contributed by atoms with van der Waals surface area (Å²) in [5, 5.41) is 4.13. The Hall–Kier alpha value is -3.52. The molecule has 0 aliphatic heterocycles.